The number of imidazole rings is 1. The molecule has 0 N–H and O–H groups in total. The minimum atomic E-state index is -0.0392. The second-order valence-corrected chi connectivity index (χ2v) is 8.17. The minimum absolute atomic E-state index is 0.0392. The van der Waals surface area contributed by atoms with Gasteiger partial charge in [0.15, 0.2) is 11.4 Å². The number of piperidine rings is 1. The Bertz CT molecular complexity index is 1080. The molecule has 4 heterocycles. The van der Waals surface area contributed by atoms with Gasteiger partial charge in [-0.05, 0) is 81.2 Å². The van der Waals surface area contributed by atoms with Crippen molar-refractivity contribution >= 4 is 34.1 Å². The molecule has 4 rings (SSSR count). The second kappa shape index (κ2) is 11.1. The number of fused-ring (bicyclic) bond motifs is 1. The minimum Gasteiger partial charge on any atom is -0.491 e. The molecule has 3 aromatic heterocycles. The Balaban J connectivity index is 0.00000141. The largest absolute Gasteiger partial charge is 0.491 e. The summed E-state index contributed by atoms with van der Waals surface area (Å²) in [5.74, 6) is 0.527. The Morgan fingerprint density at radius 1 is 1.16 bits per heavy atom. The van der Waals surface area contributed by atoms with Crippen LogP contribution in [0.25, 0.3) is 5.65 Å². The van der Waals surface area contributed by atoms with Crippen LogP contribution in [-0.4, -0.2) is 49.3 Å². The maximum atomic E-state index is 13.5. The van der Waals surface area contributed by atoms with E-state index in [0.29, 0.717) is 18.1 Å². The van der Waals surface area contributed by atoms with Crippen molar-refractivity contribution in [3.8, 4) is 5.75 Å². The van der Waals surface area contributed by atoms with Gasteiger partial charge in [0.2, 0.25) is 0 Å². The fourth-order valence-corrected chi connectivity index (χ4v) is 4.25. The van der Waals surface area contributed by atoms with Crippen LogP contribution in [0, 0.1) is 20.8 Å². The molecule has 0 radical (unpaired) electrons. The van der Waals surface area contributed by atoms with Gasteiger partial charge in [0.05, 0.1) is 12.3 Å². The number of carbonyl (C=O) groups excluding carboxylic acids is 1. The molecule has 0 aromatic carbocycles. The fourth-order valence-electron chi connectivity index (χ4n) is 4.25. The number of rotatable bonds is 5. The van der Waals surface area contributed by atoms with Crippen LogP contribution in [0.4, 0.5) is 0 Å². The highest BCUT2D eigenvalue weighted by Gasteiger charge is 2.31. The highest BCUT2D eigenvalue weighted by atomic mass is 127. The van der Waals surface area contributed by atoms with E-state index in [1.54, 1.807) is 0 Å². The van der Waals surface area contributed by atoms with Crippen LogP contribution < -0.4 is 4.74 Å². The van der Waals surface area contributed by atoms with Crippen LogP contribution in [0.1, 0.15) is 59.2 Å². The zero-order chi connectivity index (χ0) is 23.3. The molecule has 1 amide bonds. The van der Waals surface area contributed by atoms with Gasteiger partial charge in [-0.15, -0.1) is 0 Å². The number of hydrogen-bond donors (Lipinski definition) is 0. The topological polar surface area (TPSA) is 59.7 Å². The van der Waals surface area contributed by atoms with Crippen LogP contribution in [0.2, 0.25) is 0 Å². The van der Waals surface area contributed by atoms with Crippen molar-refractivity contribution < 1.29 is 9.53 Å². The van der Waals surface area contributed by atoms with E-state index in [9.17, 15) is 4.79 Å². The first-order valence-corrected chi connectivity index (χ1v) is 13.4. The number of halogens is 1. The lowest BCUT2D eigenvalue weighted by molar-refractivity contribution is 0.0601. The smallest absolute Gasteiger partial charge is 0.276 e. The number of aryl methyl sites for hydroxylation is 3. The van der Waals surface area contributed by atoms with Crippen LogP contribution >= 0.6 is 22.6 Å². The number of aromatic nitrogens is 3. The molecule has 6 nitrogen and oxygen atoms in total. The Kier molecular flexibility index (Phi) is 8.51. The maximum absolute atomic E-state index is 13.5. The van der Waals surface area contributed by atoms with Crippen LogP contribution in [0.3, 0.4) is 0 Å². The Morgan fingerprint density at radius 2 is 1.94 bits per heavy atom. The first-order valence-electron chi connectivity index (χ1n) is 11.2. The van der Waals surface area contributed by atoms with Gasteiger partial charge in [-0.2, -0.15) is 0 Å². The molecule has 0 spiro atoms. The fraction of sp³-hybridized carbons (Fsp3) is 0.480. The predicted octanol–water partition coefficient (Wildman–Crippen LogP) is 5.34. The van der Waals surface area contributed by atoms with Crippen molar-refractivity contribution in [2.45, 2.75) is 59.4 Å². The highest BCUT2D eigenvalue weighted by molar-refractivity contribution is 14.1. The molecular formula is C25H33IN4O2. The van der Waals surface area contributed by atoms with E-state index in [4.69, 9.17) is 9.72 Å². The monoisotopic (exact) mass is 548 g/mol. The average Bonchev–Trinajstić information content (AvgIpc) is 3.22. The molecule has 1 fully saturated rings. The number of amides is 1. The van der Waals surface area contributed by atoms with Crippen LogP contribution in [-0.2, 0) is 6.42 Å². The third kappa shape index (κ3) is 5.24. The molecule has 1 saturated heterocycles. The van der Waals surface area contributed by atoms with Gasteiger partial charge in [0.25, 0.3) is 5.91 Å². The summed E-state index contributed by atoms with van der Waals surface area (Å²) in [5.41, 5.74) is 5.70. The molecule has 0 saturated carbocycles. The highest BCUT2D eigenvalue weighted by Crippen LogP contribution is 2.26. The number of hydrogen-bond acceptors (Lipinski definition) is 4. The van der Waals surface area contributed by atoms with Crippen molar-refractivity contribution in [2.24, 2.45) is 0 Å². The summed E-state index contributed by atoms with van der Waals surface area (Å²) in [6, 6.07) is 5.97. The van der Waals surface area contributed by atoms with Gasteiger partial charge in [-0.3, -0.25) is 4.79 Å². The van der Waals surface area contributed by atoms with E-state index in [-0.39, 0.29) is 11.9 Å². The summed E-state index contributed by atoms with van der Waals surface area (Å²) in [5, 5.41) is 0. The summed E-state index contributed by atoms with van der Waals surface area (Å²) in [6.45, 7) is 9.29. The number of carbonyl (C=O) groups is 1. The first kappa shape index (κ1) is 24.5. The molecule has 7 heteroatoms. The molecule has 3 aromatic rings. The van der Waals surface area contributed by atoms with Crippen LogP contribution in [0.15, 0.2) is 30.6 Å². The van der Waals surface area contributed by atoms with E-state index >= 15 is 0 Å². The zero-order valence-electron chi connectivity index (χ0n) is 19.7. The third-order valence-corrected chi connectivity index (χ3v) is 6.03. The summed E-state index contributed by atoms with van der Waals surface area (Å²) in [6.07, 6.45) is 8.02. The Labute approximate surface area is 204 Å². The summed E-state index contributed by atoms with van der Waals surface area (Å²) in [4.78, 5) is 26.8. The molecule has 0 unspecified atom stereocenters. The molecule has 1 atom stereocenters. The molecule has 1 aliphatic heterocycles. The van der Waals surface area contributed by atoms with E-state index in [1.165, 1.54) is 11.1 Å². The van der Waals surface area contributed by atoms with Gasteiger partial charge in [-0.25, -0.2) is 9.97 Å². The quantitative estimate of drug-likeness (QED) is 0.319. The Hall–Kier alpha value is -2.16. The number of likely N-dealkylation sites (tertiary alicyclic amines) is 1. The maximum Gasteiger partial charge on any atom is 0.276 e. The lowest BCUT2D eigenvalue weighted by atomic mass is 9.97. The van der Waals surface area contributed by atoms with Crippen molar-refractivity contribution in [1.82, 2.24) is 19.3 Å². The lowest BCUT2D eigenvalue weighted by Gasteiger charge is -2.35. The lowest BCUT2D eigenvalue weighted by Crippen LogP contribution is -2.45. The molecule has 0 bridgehead atoms. The zero-order valence-corrected chi connectivity index (χ0v) is 21.8. The average molecular weight is 548 g/mol. The summed E-state index contributed by atoms with van der Waals surface area (Å²) in [7, 11) is 0. The van der Waals surface area contributed by atoms with E-state index in [0.717, 1.165) is 49.3 Å². The van der Waals surface area contributed by atoms with Crippen molar-refractivity contribution in [1.29, 1.82) is 0 Å². The third-order valence-electron chi connectivity index (χ3n) is 6.03. The number of pyridine rings is 2. The molecule has 1 aliphatic rings. The Morgan fingerprint density at radius 3 is 2.69 bits per heavy atom. The van der Waals surface area contributed by atoms with Crippen molar-refractivity contribution in [2.75, 3.05) is 18.1 Å². The number of nitrogens with zero attached hydrogens (tertiary/aromatic N) is 4. The standard InChI is InChI=1S/C24H30N4O2.CH3I/c1-5-30-21-10-9-17(3)25-22(21)24(29)28-12-7-6-8-20(28)14-19-15-27-13-11-16(2)18(4)23(27)26-19;1-2/h9-11,13,15,20H,5-8,12,14H2,1-4H3;1H3/t20-;/m0./s1. The van der Waals surface area contributed by atoms with Crippen molar-refractivity contribution in [3.63, 3.8) is 0 Å². The van der Waals surface area contributed by atoms with Gasteiger partial charge in [0.1, 0.15) is 5.65 Å². The van der Waals surface area contributed by atoms with Gasteiger partial charge in [-0.1, -0.05) is 22.6 Å². The normalized spacial score (nSPS) is 15.9. The van der Waals surface area contributed by atoms with Gasteiger partial charge in [0, 0.05) is 37.1 Å². The van der Waals surface area contributed by atoms with Gasteiger partial charge >= 0.3 is 0 Å². The van der Waals surface area contributed by atoms with Crippen LogP contribution in [0.5, 0.6) is 5.75 Å². The van der Waals surface area contributed by atoms with Crippen molar-refractivity contribution in [3.05, 3.63) is 58.8 Å². The number of ether oxygens (including phenoxy) is 1. The summed E-state index contributed by atoms with van der Waals surface area (Å²) >= 11 is 2.15. The SMILES string of the molecule is CCOc1ccc(C)nc1C(=O)N1CCCC[C@H]1Cc1cn2ccc(C)c(C)c2n1.CI. The van der Waals surface area contributed by atoms with E-state index in [1.807, 2.05) is 35.8 Å². The van der Waals surface area contributed by atoms with Gasteiger partial charge < -0.3 is 14.0 Å². The summed E-state index contributed by atoms with van der Waals surface area (Å²) < 4.78 is 7.78. The molecule has 32 heavy (non-hydrogen) atoms. The molecule has 0 aliphatic carbocycles. The van der Waals surface area contributed by atoms with E-state index < -0.39 is 0 Å². The van der Waals surface area contributed by atoms with E-state index in [2.05, 4.69) is 64.3 Å². The molecular weight excluding hydrogens is 515 g/mol. The number of alkyl halides is 1. The molecule has 172 valence electrons. The predicted molar refractivity (Wildman–Crippen MR) is 137 cm³/mol. The second-order valence-electron chi connectivity index (χ2n) is 8.17. The first-order chi connectivity index (χ1) is 15.5.